The maximum absolute atomic E-state index is 12.2. The Balaban J connectivity index is 2.21. The van der Waals surface area contributed by atoms with Gasteiger partial charge in [-0.3, -0.25) is 4.79 Å². The van der Waals surface area contributed by atoms with Gasteiger partial charge in [-0.15, -0.1) is 0 Å². The molecule has 0 aliphatic heterocycles. The van der Waals surface area contributed by atoms with Crippen molar-refractivity contribution in [2.24, 2.45) is 29.1 Å². The van der Waals surface area contributed by atoms with Crippen molar-refractivity contribution in [2.75, 3.05) is 20.6 Å². The van der Waals surface area contributed by atoms with Crippen LogP contribution < -0.4 is 4.90 Å². The summed E-state index contributed by atoms with van der Waals surface area (Å²) < 4.78 is 0. The number of rotatable bonds is 2. The van der Waals surface area contributed by atoms with Gasteiger partial charge in [0.1, 0.15) is 5.78 Å². The van der Waals surface area contributed by atoms with Crippen LogP contribution in [0, 0.1) is 29.1 Å². The molecule has 15 heavy (non-hydrogen) atoms. The third kappa shape index (κ3) is 1.45. The number of nitrogens with one attached hydrogen (secondary N) is 1. The van der Waals surface area contributed by atoms with Gasteiger partial charge in [0.15, 0.2) is 0 Å². The first-order chi connectivity index (χ1) is 6.85. The summed E-state index contributed by atoms with van der Waals surface area (Å²) in [6, 6.07) is 0. The smallest absolute Gasteiger partial charge is 0.145 e. The quantitative estimate of drug-likeness (QED) is 0.709. The molecule has 0 aromatic carbocycles. The van der Waals surface area contributed by atoms with Crippen LogP contribution in [0.4, 0.5) is 0 Å². The van der Waals surface area contributed by atoms with E-state index in [-0.39, 0.29) is 0 Å². The Kier molecular flexibility index (Phi) is 2.45. The van der Waals surface area contributed by atoms with Crippen LogP contribution in [0.1, 0.15) is 27.2 Å². The van der Waals surface area contributed by atoms with Gasteiger partial charge >= 0.3 is 0 Å². The molecule has 0 aromatic rings. The van der Waals surface area contributed by atoms with Crippen molar-refractivity contribution >= 4 is 5.78 Å². The van der Waals surface area contributed by atoms with E-state index in [4.69, 9.17) is 0 Å². The molecule has 0 saturated heterocycles. The molecule has 2 saturated carbocycles. The third-order valence-corrected chi connectivity index (χ3v) is 5.09. The molecule has 0 heterocycles. The van der Waals surface area contributed by atoms with Gasteiger partial charge in [0.25, 0.3) is 0 Å². The molecule has 0 spiro atoms. The van der Waals surface area contributed by atoms with E-state index in [9.17, 15) is 4.79 Å². The number of carbonyl (C=O) groups is 1. The Morgan fingerprint density at radius 1 is 1.40 bits per heavy atom. The van der Waals surface area contributed by atoms with Gasteiger partial charge < -0.3 is 4.90 Å². The normalized spacial score (nSPS) is 42.9. The Labute approximate surface area is 93.0 Å². The van der Waals surface area contributed by atoms with Gasteiger partial charge in [-0.2, -0.15) is 0 Å². The molecule has 1 N–H and O–H groups in total. The lowest BCUT2D eigenvalue weighted by atomic mass is 9.65. The lowest BCUT2D eigenvalue weighted by molar-refractivity contribution is -0.861. The Morgan fingerprint density at radius 3 is 2.47 bits per heavy atom. The van der Waals surface area contributed by atoms with Crippen LogP contribution in [0.3, 0.4) is 0 Å². The van der Waals surface area contributed by atoms with Gasteiger partial charge in [0.2, 0.25) is 0 Å². The van der Waals surface area contributed by atoms with Gasteiger partial charge in [-0.1, -0.05) is 20.8 Å². The van der Waals surface area contributed by atoms with Crippen LogP contribution in [0.25, 0.3) is 0 Å². The first-order valence-corrected chi connectivity index (χ1v) is 6.18. The SMILES string of the molecule is C[C@H]1[C@H]2C[C@H]([C@H](C[NH+](C)C)C2=O)C1(C)C. The molecule has 2 bridgehead atoms. The van der Waals surface area contributed by atoms with Crippen molar-refractivity contribution in [2.45, 2.75) is 27.2 Å². The summed E-state index contributed by atoms with van der Waals surface area (Å²) in [7, 11) is 4.30. The van der Waals surface area contributed by atoms with Crippen molar-refractivity contribution in [3.63, 3.8) is 0 Å². The second kappa shape index (κ2) is 3.31. The van der Waals surface area contributed by atoms with E-state index in [1.54, 1.807) is 0 Å². The number of Topliss-reactive ketones (excluding diaryl/α,β-unsaturated/α-hetero) is 1. The average molecular weight is 210 g/mol. The lowest BCUT2D eigenvalue weighted by Gasteiger charge is -2.39. The molecule has 0 unspecified atom stereocenters. The number of fused-ring (bicyclic) bond motifs is 2. The van der Waals surface area contributed by atoms with Gasteiger partial charge in [-0.05, 0) is 23.7 Å². The lowest BCUT2D eigenvalue weighted by Crippen LogP contribution is -3.06. The number of hydrogen-bond acceptors (Lipinski definition) is 1. The van der Waals surface area contributed by atoms with Crippen molar-refractivity contribution in [1.29, 1.82) is 0 Å². The minimum Gasteiger partial charge on any atom is -0.339 e. The summed E-state index contributed by atoms with van der Waals surface area (Å²) >= 11 is 0. The minimum absolute atomic E-state index is 0.339. The van der Waals surface area contributed by atoms with Gasteiger partial charge in [0, 0.05) is 5.92 Å². The maximum atomic E-state index is 12.2. The monoisotopic (exact) mass is 210 g/mol. The molecule has 0 radical (unpaired) electrons. The molecule has 2 aliphatic carbocycles. The molecule has 2 fully saturated rings. The summed E-state index contributed by atoms with van der Waals surface area (Å²) in [6.07, 6.45) is 1.16. The largest absolute Gasteiger partial charge is 0.339 e. The molecule has 0 amide bonds. The van der Waals surface area contributed by atoms with Crippen LogP contribution in [-0.2, 0) is 4.79 Å². The van der Waals surface area contributed by atoms with Gasteiger partial charge in [-0.25, -0.2) is 0 Å². The zero-order valence-electron chi connectivity index (χ0n) is 10.6. The highest BCUT2D eigenvalue weighted by Gasteiger charge is 2.60. The fourth-order valence-corrected chi connectivity index (χ4v) is 3.84. The van der Waals surface area contributed by atoms with E-state index >= 15 is 0 Å². The Morgan fingerprint density at radius 2 is 2.00 bits per heavy atom. The van der Waals surface area contributed by atoms with Crippen LogP contribution in [-0.4, -0.2) is 26.4 Å². The number of quaternary nitrogens is 1. The fraction of sp³-hybridized carbons (Fsp3) is 0.923. The van der Waals surface area contributed by atoms with Gasteiger partial charge in [0.05, 0.1) is 26.6 Å². The number of ketones is 1. The summed E-state index contributed by atoms with van der Waals surface area (Å²) in [6.45, 7) is 8.00. The Bertz CT molecular complexity index is 282. The van der Waals surface area contributed by atoms with Crippen LogP contribution >= 0.6 is 0 Å². The van der Waals surface area contributed by atoms with E-state index in [0.717, 1.165) is 13.0 Å². The van der Waals surface area contributed by atoms with E-state index in [0.29, 0.717) is 34.9 Å². The van der Waals surface area contributed by atoms with Crippen molar-refractivity contribution in [1.82, 2.24) is 0 Å². The average Bonchev–Trinajstić information content (AvgIpc) is 2.52. The summed E-state index contributed by atoms with van der Waals surface area (Å²) in [5, 5.41) is 0. The molecular formula is C13H24NO+. The first kappa shape index (κ1) is 11.1. The fourth-order valence-electron chi connectivity index (χ4n) is 3.84. The molecule has 4 atom stereocenters. The van der Waals surface area contributed by atoms with Crippen LogP contribution in [0.15, 0.2) is 0 Å². The second-order valence-electron chi connectivity index (χ2n) is 6.48. The standard InChI is InChI=1S/C13H23NO/c1-8-9-6-11(13(8,2)3)10(12(9)15)7-14(4)5/h8-11H,6-7H2,1-5H3/p+1/t8-,9+,10-,11+/m0/s1. The summed E-state index contributed by atoms with van der Waals surface area (Å²) in [5.41, 5.74) is 0.374. The second-order valence-corrected chi connectivity index (χ2v) is 6.48. The number of hydrogen-bond donors (Lipinski definition) is 1. The molecule has 0 aromatic heterocycles. The topological polar surface area (TPSA) is 21.5 Å². The third-order valence-electron chi connectivity index (χ3n) is 5.09. The predicted octanol–water partition coefficient (Wildman–Crippen LogP) is 0.628. The van der Waals surface area contributed by atoms with Crippen LogP contribution in [0.5, 0.6) is 0 Å². The predicted molar refractivity (Wildman–Crippen MR) is 60.7 cm³/mol. The summed E-state index contributed by atoms with van der Waals surface area (Å²) in [5.74, 6) is 2.50. The minimum atomic E-state index is 0.339. The molecular weight excluding hydrogens is 186 g/mol. The highest BCUT2D eigenvalue weighted by Crippen LogP contribution is 2.59. The molecule has 2 aliphatic rings. The van der Waals surface area contributed by atoms with E-state index in [1.165, 1.54) is 4.90 Å². The van der Waals surface area contributed by atoms with Crippen molar-refractivity contribution in [3.05, 3.63) is 0 Å². The molecule has 2 heteroatoms. The molecule has 86 valence electrons. The van der Waals surface area contributed by atoms with Crippen molar-refractivity contribution in [3.8, 4) is 0 Å². The van der Waals surface area contributed by atoms with E-state index < -0.39 is 0 Å². The number of carbonyl (C=O) groups excluding carboxylic acids is 1. The highest BCUT2D eigenvalue weighted by molar-refractivity contribution is 5.87. The zero-order valence-corrected chi connectivity index (χ0v) is 10.6. The van der Waals surface area contributed by atoms with E-state index in [2.05, 4.69) is 34.9 Å². The summed E-state index contributed by atoms with van der Waals surface area (Å²) in [4.78, 5) is 13.6. The maximum Gasteiger partial charge on any atom is 0.145 e. The molecule has 2 nitrogen and oxygen atoms in total. The Hall–Kier alpha value is -0.370. The zero-order chi connectivity index (χ0) is 11.4. The highest BCUT2D eigenvalue weighted by atomic mass is 16.1. The van der Waals surface area contributed by atoms with Crippen molar-refractivity contribution < 1.29 is 9.69 Å². The molecule has 2 rings (SSSR count). The van der Waals surface area contributed by atoms with E-state index in [1.807, 2.05) is 0 Å². The first-order valence-electron chi connectivity index (χ1n) is 6.18. The van der Waals surface area contributed by atoms with Crippen LogP contribution in [0.2, 0.25) is 0 Å².